The minimum atomic E-state index is -3.48. The quantitative estimate of drug-likeness (QED) is 0.679. The van der Waals surface area contributed by atoms with E-state index in [1.807, 2.05) is 42.5 Å². The van der Waals surface area contributed by atoms with Crippen molar-refractivity contribution >= 4 is 43.9 Å². The highest BCUT2D eigenvalue weighted by molar-refractivity contribution is 7.91. The number of benzene rings is 2. The summed E-state index contributed by atoms with van der Waals surface area (Å²) in [6.45, 7) is 1.02. The molecule has 146 valence electrons. The predicted molar refractivity (Wildman–Crippen MR) is 112 cm³/mol. The number of nitrogens with zero attached hydrogens (tertiary/aromatic N) is 1. The zero-order valence-electron chi connectivity index (χ0n) is 15.2. The lowest BCUT2D eigenvalue weighted by molar-refractivity contribution is 0.193. The van der Waals surface area contributed by atoms with Gasteiger partial charge in [0.05, 0.1) is 5.69 Å². The molecule has 6 nitrogen and oxygen atoms in total. The van der Waals surface area contributed by atoms with Crippen molar-refractivity contribution in [2.24, 2.45) is 0 Å². The number of piperidine rings is 1. The number of thiophene rings is 1. The SMILES string of the molecule is O=C(Nc1cccc2ccccc12)N1CCC(NS(=O)(=O)c2cccs2)CC1. The molecule has 1 aliphatic rings. The average Bonchev–Trinajstić information content (AvgIpc) is 3.24. The second kappa shape index (κ2) is 7.90. The van der Waals surface area contributed by atoms with E-state index < -0.39 is 10.0 Å². The van der Waals surface area contributed by atoms with Gasteiger partial charge in [-0.05, 0) is 35.7 Å². The van der Waals surface area contributed by atoms with E-state index in [9.17, 15) is 13.2 Å². The Morgan fingerprint density at radius 3 is 2.50 bits per heavy atom. The van der Waals surface area contributed by atoms with Crippen molar-refractivity contribution in [1.82, 2.24) is 9.62 Å². The largest absolute Gasteiger partial charge is 0.324 e. The van der Waals surface area contributed by atoms with Crippen LogP contribution in [0.5, 0.6) is 0 Å². The van der Waals surface area contributed by atoms with Crippen LogP contribution in [-0.2, 0) is 10.0 Å². The van der Waals surface area contributed by atoms with E-state index in [4.69, 9.17) is 0 Å². The lowest BCUT2D eigenvalue weighted by Crippen LogP contribution is -2.47. The molecule has 1 aliphatic heterocycles. The Bertz CT molecular complexity index is 1070. The molecule has 4 rings (SSSR count). The Kier molecular flexibility index (Phi) is 5.34. The Labute approximate surface area is 168 Å². The summed E-state index contributed by atoms with van der Waals surface area (Å²) in [5.74, 6) is 0. The summed E-state index contributed by atoms with van der Waals surface area (Å²) in [6, 6.07) is 16.7. The zero-order valence-corrected chi connectivity index (χ0v) is 16.8. The van der Waals surface area contributed by atoms with Crippen molar-refractivity contribution < 1.29 is 13.2 Å². The molecule has 0 spiro atoms. The summed E-state index contributed by atoms with van der Waals surface area (Å²) >= 11 is 1.20. The molecule has 2 heterocycles. The first-order valence-corrected chi connectivity index (χ1v) is 11.5. The monoisotopic (exact) mass is 415 g/mol. The van der Waals surface area contributed by atoms with Crippen LogP contribution in [0, 0.1) is 0 Å². The number of nitrogens with one attached hydrogen (secondary N) is 2. The number of anilines is 1. The first kappa shape index (κ1) is 18.9. The number of fused-ring (bicyclic) bond motifs is 1. The molecule has 0 unspecified atom stereocenters. The first-order valence-electron chi connectivity index (χ1n) is 9.12. The molecular weight excluding hydrogens is 394 g/mol. The van der Waals surface area contributed by atoms with Crippen LogP contribution in [0.4, 0.5) is 10.5 Å². The topological polar surface area (TPSA) is 78.5 Å². The normalized spacial score (nSPS) is 15.6. The number of carbonyl (C=O) groups is 1. The second-order valence-corrected chi connectivity index (χ2v) is 9.66. The number of likely N-dealkylation sites (tertiary alicyclic amines) is 1. The van der Waals surface area contributed by atoms with Crippen LogP contribution in [-0.4, -0.2) is 38.5 Å². The maximum atomic E-state index is 12.7. The summed E-state index contributed by atoms with van der Waals surface area (Å²) in [6.07, 6.45) is 1.18. The Morgan fingerprint density at radius 1 is 1.00 bits per heavy atom. The van der Waals surface area contributed by atoms with Crippen LogP contribution in [0.15, 0.2) is 64.2 Å². The number of hydrogen-bond acceptors (Lipinski definition) is 4. The summed E-state index contributed by atoms with van der Waals surface area (Å²) in [5.41, 5.74) is 0.781. The highest BCUT2D eigenvalue weighted by Crippen LogP contribution is 2.24. The van der Waals surface area contributed by atoms with Crippen molar-refractivity contribution in [3.05, 3.63) is 60.0 Å². The molecule has 2 N–H and O–H groups in total. The lowest BCUT2D eigenvalue weighted by Gasteiger charge is -2.32. The Hall–Kier alpha value is -2.42. The standard InChI is InChI=1S/C20H21N3O3S2/c24-20(21-18-8-3-6-15-5-1-2-7-17(15)18)23-12-10-16(11-13-23)22-28(25,26)19-9-4-14-27-19/h1-9,14,16,22H,10-13H2,(H,21,24). The van der Waals surface area contributed by atoms with E-state index in [0.717, 1.165) is 16.5 Å². The highest BCUT2D eigenvalue weighted by atomic mass is 32.2. The van der Waals surface area contributed by atoms with Gasteiger partial charge in [-0.2, -0.15) is 0 Å². The smallest absolute Gasteiger partial charge is 0.321 e. The van der Waals surface area contributed by atoms with E-state index in [1.165, 1.54) is 11.3 Å². The number of rotatable bonds is 4. The molecular formula is C20H21N3O3S2. The van der Waals surface area contributed by atoms with Crippen LogP contribution in [0.2, 0.25) is 0 Å². The summed E-state index contributed by atoms with van der Waals surface area (Å²) in [4.78, 5) is 14.4. The maximum Gasteiger partial charge on any atom is 0.321 e. The van der Waals surface area contributed by atoms with E-state index in [-0.39, 0.29) is 12.1 Å². The fourth-order valence-electron chi connectivity index (χ4n) is 3.42. The molecule has 8 heteroatoms. The molecule has 0 bridgehead atoms. The zero-order chi connectivity index (χ0) is 19.6. The number of amides is 2. The fraction of sp³-hybridized carbons (Fsp3) is 0.250. The third-order valence-corrected chi connectivity index (χ3v) is 7.81. The molecule has 1 saturated heterocycles. The molecule has 2 amide bonds. The van der Waals surface area contributed by atoms with Gasteiger partial charge in [0.25, 0.3) is 0 Å². The van der Waals surface area contributed by atoms with Gasteiger partial charge in [0.15, 0.2) is 0 Å². The van der Waals surface area contributed by atoms with Gasteiger partial charge in [0.1, 0.15) is 4.21 Å². The lowest BCUT2D eigenvalue weighted by atomic mass is 10.1. The van der Waals surface area contributed by atoms with E-state index in [2.05, 4.69) is 10.0 Å². The average molecular weight is 416 g/mol. The summed E-state index contributed by atoms with van der Waals surface area (Å²) in [7, 11) is -3.48. The molecule has 2 aromatic carbocycles. The molecule has 0 radical (unpaired) electrons. The number of carbonyl (C=O) groups excluding carboxylic acids is 1. The van der Waals surface area contributed by atoms with Gasteiger partial charge in [-0.25, -0.2) is 17.9 Å². The van der Waals surface area contributed by atoms with Crippen molar-refractivity contribution in [2.75, 3.05) is 18.4 Å². The summed E-state index contributed by atoms with van der Waals surface area (Å²) in [5, 5.41) is 6.80. The molecule has 3 aromatic rings. The molecule has 0 saturated carbocycles. The predicted octanol–water partition coefficient (Wildman–Crippen LogP) is 3.88. The van der Waals surface area contributed by atoms with Crippen LogP contribution in [0.3, 0.4) is 0 Å². The van der Waals surface area contributed by atoms with Crippen molar-refractivity contribution in [1.29, 1.82) is 0 Å². The number of hydrogen-bond donors (Lipinski definition) is 2. The van der Waals surface area contributed by atoms with Gasteiger partial charge in [0.2, 0.25) is 10.0 Å². The van der Waals surface area contributed by atoms with E-state index >= 15 is 0 Å². The number of urea groups is 1. The Balaban J connectivity index is 1.36. The minimum Gasteiger partial charge on any atom is -0.324 e. The van der Waals surface area contributed by atoms with E-state index in [1.54, 1.807) is 22.4 Å². The number of sulfonamides is 1. The third kappa shape index (κ3) is 4.04. The van der Waals surface area contributed by atoms with Crippen LogP contribution in [0.1, 0.15) is 12.8 Å². The van der Waals surface area contributed by atoms with Gasteiger partial charge in [-0.3, -0.25) is 0 Å². The maximum absolute atomic E-state index is 12.7. The second-order valence-electron chi connectivity index (χ2n) is 6.77. The van der Waals surface area contributed by atoms with Crippen LogP contribution >= 0.6 is 11.3 Å². The van der Waals surface area contributed by atoms with Crippen LogP contribution in [0.25, 0.3) is 10.8 Å². The highest BCUT2D eigenvalue weighted by Gasteiger charge is 2.27. The van der Waals surface area contributed by atoms with Crippen molar-refractivity contribution in [2.45, 2.75) is 23.1 Å². The molecule has 1 aromatic heterocycles. The van der Waals surface area contributed by atoms with Crippen molar-refractivity contribution in [3.63, 3.8) is 0 Å². The molecule has 0 aliphatic carbocycles. The molecule has 1 fully saturated rings. The molecule has 28 heavy (non-hydrogen) atoms. The van der Waals surface area contributed by atoms with E-state index in [0.29, 0.717) is 30.1 Å². The van der Waals surface area contributed by atoms with Gasteiger partial charge < -0.3 is 10.2 Å². The van der Waals surface area contributed by atoms with Crippen LogP contribution < -0.4 is 10.0 Å². The fourth-order valence-corrected chi connectivity index (χ4v) is 5.74. The first-order chi connectivity index (χ1) is 13.5. The Morgan fingerprint density at radius 2 is 1.75 bits per heavy atom. The van der Waals surface area contributed by atoms with Gasteiger partial charge in [-0.15, -0.1) is 11.3 Å². The minimum absolute atomic E-state index is 0.157. The van der Waals surface area contributed by atoms with Gasteiger partial charge >= 0.3 is 6.03 Å². The van der Waals surface area contributed by atoms with Gasteiger partial charge in [0, 0.05) is 24.5 Å². The third-order valence-electron chi connectivity index (χ3n) is 4.90. The summed E-state index contributed by atoms with van der Waals surface area (Å²) < 4.78 is 27.8. The van der Waals surface area contributed by atoms with Gasteiger partial charge in [-0.1, -0.05) is 42.5 Å². The van der Waals surface area contributed by atoms with Crippen molar-refractivity contribution in [3.8, 4) is 0 Å². The molecule has 0 atom stereocenters.